The van der Waals surface area contributed by atoms with Crippen molar-refractivity contribution in [3.8, 4) is 0 Å². The molecule has 1 N–H and O–H groups in total. The Morgan fingerprint density at radius 3 is 2.50 bits per heavy atom. The first kappa shape index (κ1) is 12.5. The molecular weight excluding hydrogens is 224 g/mol. The van der Waals surface area contributed by atoms with Crippen LogP contribution < -0.4 is 5.32 Å². The summed E-state index contributed by atoms with van der Waals surface area (Å²) in [6.45, 7) is 4.03. The van der Waals surface area contributed by atoms with Gasteiger partial charge in [0.2, 0.25) is 5.91 Å². The zero-order valence-corrected chi connectivity index (χ0v) is 11.5. The summed E-state index contributed by atoms with van der Waals surface area (Å²) < 4.78 is 0. The Morgan fingerprint density at radius 2 is 1.94 bits per heavy atom. The zero-order valence-electron chi connectivity index (χ0n) is 11.5. The molecule has 0 spiro atoms. The third kappa shape index (κ3) is 3.05. The summed E-state index contributed by atoms with van der Waals surface area (Å²) in [6.07, 6.45) is 9.67. The first-order chi connectivity index (χ1) is 8.70. The lowest BCUT2D eigenvalue weighted by Crippen LogP contribution is -2.55. The van der Waals surface area contributed by atoms with Crippen molar-refractivity contribution in [2.24, 2.45) is 11.8 Å². The van der Waals surface area contributed by atoms with Gasteiger partial charge >= 0.3 is 0 Å². The molecule has 2 unspecified atom stereocenters. The number of carbonyl (C=O) groups is 1. The fourth-order valence-corrected chi connectivity index (χ4v) is 3.68. The van der Waals surface area contributed by atoms with Crippen LogP contribution >= 0.6 is 0 Å². The van der Waals surface area contributed by atoms with Gasteiger partial charge in [0.05, 0.1) is 0 Å². The molecule has 18 heavy (non-hydrogen) atoms. The molecule has 1 heterocycles. The van der Waals surface area contributed by atoms with Crippen molar-refractivity contribution in [2.45, 2.75) is 64.0 Å². The molecule has 0 bridgehead atoms. The summed E-state index contributed by atoms with van der Waals surface area (Å²) in [5.41, 5.74) is 0. The molecule has 3 rings (SSSR count). The van der Waals surface area contributed by atoms with Gasteiger partial charge in [0.25, 0.3) is 0 Å². The third-order valence-electron chi connectivity index (χ3n) is 4.93. The van der Waals surface area contributed by atoms with Crippen molar-refractivity contribution in [1.82, 2.24) is 10.2 Å². The van der Waals surface area contributed by atoms with Gasteiger partial charge in [-0.2, -0.15) is 0 Å². The largest absolute Gasteiger partial charge is 0.352 e. The molecule has 102 valence electrons. The van der Waals surface area contributed by atoms with Crippen molar-refractivity contribution in [1.29, 1.82) is 0 Å². The number of amides is 1. The van der Waals surface area contributed by atoms with Crippen molar-refractivity contribution >= 4 is 5.91 Å². The number of piperidine rings is 1. The lowest BCUT2D eigenvalue weighted by atomic mass is 9.84. The van der Waals surface area contributed by atoms with Crippen molar-refractivity contribution in [3.05, 3.63) is 0 Å². The topological polar surface area (TPSA) is 32.3 Å². The minimum atomic E-state index is 0.139. The van der Waals surface area contributed by atoms with Gasteiger partial charge in [-0.25, -0.2) is 0 Å². The second kappa shape index (κ2) is 5.20. The Labute approximate surface area is 110 Å². The van der Waals surface area contributed by atoms with Crippen LogP contribution in [0.15, 0.2) is 0 Å². The molecule has 3 nitrogen and oxygen atoms in total. The van der Waals surface area contributed by atoms with E-state index < -0.39 is 0 Å². The third-order valence-corrected chi connectivity index (χ3v) is 4.93. The molecule has 0 radical (unpaired) electrons. The summed E-state index contributed by atoms with van der Waals surface area (Å²) in [4.78, 5) is 14.0. The number of rotatable bonds is 4. The highest BCUT2D eigenvalue weighted by Crippen LogP contribution is 2.39. The van der Waals surface area contributed by atoms with Crippen LogP contribution in [0.1, 0.15) is 51.9 Å². The van der Waals surface area contributed by atoms with E-state index in [0.717, 1.165) is 24.4 Å². The number of nitrogens with one attached hydrogen (secondary N) is 1. The van der Waals surface area contributed by atoms with E-state index in [1.54, 1.807) is 6.92 Å². The highest BCUT2D eigenvalue weighted by atomic mass is 16.1. The molecule has 0 aromatic rings. The Bertz CT molecular complexity index is 310. The molecule has 3 fully saturated rings. The van der Waals surface area contributed by atoms with Gasteiger partial charge in [0, 0.05) is 32.1 Å². The lowest BCUT2D eigenvalue weighted by Gasteiger charge is -2.45. The Morgan fingerprint density at radius 1 is 1.17 bits per heavy atom. The van der Waals surface area contributed by atoms with Gasteiger partial charge in [-0.3, -0.25) is 9.69 Å². The van der Waals surface area contributed by atoms with Crippen LogP contribution in [0.5, 0.6) is 0 Å². The number of hydrogen-bond acceptors (Lipinski definition) is 2. The minimum Gasteiger partial charge on any atom is -0.352 e. The van der Waals surface area contributed by atoms with E-state index in [0.29, 0.717) is 6.04 Å². The number of carbonyl (C=O) groups excluding carboxylic acids is 1. The van der Waals surface area contributed by atoms with Crippen molar-refractivity contribution in [2.75, 3.05) is 13.1 Å². The Kier molecular flexibility index (Phi) is 3.60. The van der Waals surface area contributed by atoms with E-state index in [2.05, 4.69) is 10.2 Å². The molecule has 0 aromatic heterocycles. The molecule has 2 saturated carbocycles. The Hall–Kier alpha value is -0.570. The van der Waals surface area contributed by atoms with Gasteiger partial charge in [-0.05, 0) is 37.5 Å². The van der Waals surface area contributed by atoms with E-state index in [4.69, 9.17) is 0 Å². The summed E-state index contributed by atoms with van der Waals surface area (Å²) in [5.74, 6) is 1.97. The van der Waals surface area contributed by atoms with Gasteiger partial charge in [-0.1, -0.05) is 19.3 Å². The predicted octanol–water partition coefficient (Wildman–Crippen LogP) is 2.17. The van der Waals surface area contributed by atoms with E-state index >= 15 is 0 Å². The first-order valence-corrected chi connectivity index (χ1v) is 7.72. The highest BCUT2D eigenvalue weighted by molar-refractivity contribution is 5.73. The lowest BCUT2D eigenvalue weighted by molar-refractivity contribution is -0.120. The fraction of sp³-hybridized carbons (Fsp3) is 0.933. The van der Waals surface area contributed by atoms with E-state index in [9.17, 15) is 4.79 Å². The second-order valence-electron chi connectivity index (χ2n) is 6.72. The van der Waals surface area contributed by atoms with E-state index in [-0.39, 0.29) is 5.91 Å². The molecule has 1 amide bonds. The monoisotopic (exact) mass is 250 g/mol. The van der Waals surface area contributed by atoms with Crippen LogP contribution in [0.25, 0.3) is 0 Å². The SMILES string of the molecule is CC(=O)NC1CC(CC2CC2)CN(C2CCC2)C1. The molecule has 0 aromatic carbocycles. The van der Waals surface area contributed by atoms with Crippen molar-refractivity contribution in [3.63, 3.8) is 0 Å². The van der Waals surface area contributed by atoms with Crippen LogP contribution in [0.4, 0.5) is 0 Å². The van der Waals surface area contributed by atoms with Crippen LogP contribution in [-0.4, -0.2) is 36.0 Å². The first-order valence-electron chi connectivity index (χ1n) is 7.72. The van der Waals surface area contributed by atoms with Gasteiger partial charge < -0.3 is 5.32 Å². The van der Waals surface area contributed by atoms with E-state index in [1.165, 1.54) is 51.5 Å². The number of hydrogen-bond donors (Lipinski definition) is 1. The highest BCUT2D eigenvalue weighted by Gasteiger charge is 2.36. The van der Waals surface area contributed by atoms with Crippen LogP contribution in [0.3, 0.4) is 0 Å². The summed E-state index contributed by atoms with van der Waals surface area (Å²) in [5, 5.41) is 3.16. The maximum atomic E-state index is 11.3. The van der Waals surface area contributed by atoms with Gasteiger partial charge in [0.1, 0.15) is 0 Å². The van der Waals surface area contributed by atoms with E-state index in [1.807, 2.05) is 0 Å². The molecular formula is C15H26N2O. The van der Waals surface area contributed by atoms with Crippen LogP contribution in [0, 0.1) is 11.8 Å². The second-order valence-corrected chi connectivity index (χ2v) is 6.72. The maximum Gasteiger partial charge on any atom is 0.217 e. The zero-order chi connectivity index (χ0) is 12.5. The van der Waals surface area contributed by atoms with Crippen molar-refractivity contribution < 1.29 is 4.79 Å². The fourth-order valence-electron chi connectivity index (χ4n) is 3.68. The van der Waals surface area contributed by atoms with Gasteiger partial charge in [-0.15, -0.1) is 0 Å². The molecule has 3 aliphatic rings. The van der Waals surface area contributed by atoms with Gasteiger partial charge in [0.15, 0.2) is 0 Å². The number of nitrogens with zero attached hydrogens (tertiary/aromatic N) is 1. The normalized spacial score (nSPS) is 34.1. The average molecular weight is 250 g/mol. The standard InChI is InChI=1S/C15H26N2O/c1-11(18)16-14-8-13(7-12-5-6-12)9-17(10-14)15-3-2-4-15/h12-15H,2-10H2,1H3,(H,16,18). The molecule has 2 aliphatic carbocycles. The smallest absolute Gasteiger partial charge is 0.217 e. The molecule has 1 aliphatic heterocycles. The minimum absolute atomic E-state index is 0.139. The maximum absolute atomic E-state index is 11.3. The quantitative estimate of drug-likeness (QED) is 0.829. The average Bonchev–Trinajstić information content (AvgIpc) is 2.97. The molecule has 1 saturated heterocycles. The van der Waals surface area contributed by atoms with Crippen LogP contribution in [-0.2, 0) is 4.79 Å². The summed E-state index contributed by atoms with van der Waals surface area (Å²) in [6, 6.07) is 1.23. The summed E-state index contributed by atoms with van der Waals surface area (Å²) >= 11 is 0. The number of likely N-dealkylation sites (tertiary alicyclic amines) is 1. The molecule has 3 heteroatoms. The Balaban J connectivity index is 1.58. The molecule has 2 atom stereocenters. The van der Waals surface area contributed by atoms with Crippen LogP contribution in [0.2, 0.25) is 0 Å². The predicted molar refractivity (Wildman–Crippen MR) is 72.3 cm³/mol. The summed E-state index contributed by atoms with van der Waals surface area (Å²) in [7, 11) is 0.